The molecule has 1 aliphatic rings. The van der Waals surface area contributed by atoms with Gasteiger partial charge >= 0.3 is 5.97 Å². The number of hydrogen-bond donors (Lipinski definition) is 2. The Morgan fingerprint density at radius 2 is 2.33 bits per heavy atom. The first kappa shape index (κ1) is 13.3. The third-order valence-electron chi connectivity index (χ3n) is 2.78. The molecule has 0 aliphatic heterocycles. The molecular formula is C10H14N2O4S2. The van der Waals surface area contributed by atoms with Crippen LogP contribution in [0.3, 0.4) is 0 Å². The molecule has 2 rings (SSSR count). The Bertz CT molecular complexity index is 548. The molecule has 1 aromatic heterocycles. The number of nitrogens with zero attached hydrogens (tertiary/aromatic N) is 1. The Balaban J connectivity index is 2.12. The maximum absolute atomic E-state index is 11.7. The zero-order valence-corrected chi connectivity index (χ0v) is 11.4. The molecule has 1 aliphatic carbocycles. The summed E-state index contributed by atoms with van der Waals surface area (Å²) in [6.45, 7) is 1.76. The summed E-state index contributed by atoms with van der Waals surface area (Å²) in [4.78, 5) is 15.0. The molecule has 1 atom stereocenters. The van der Waals surface area contributed by atoms with Crippen molar-refractivity contribution in [2.24, 2.45) is 0 Å². The quantitative estimate of drug-likeness (QED) is 0.830. The molecule has 2 N–H and O–H groups in total. The minimum atomic E-state index is -3.33. The standard InChI is InChI=1S/C10H14N2O4S2/c1-2-7(9(13)14)8-5-17-10(11-8)12-18(15,16)6-3-4-6/h5-7H,2-4H2,1H3,(H,11,12)(H,13,14). The van der Waals surface area contributed by atoms with Crippen LogP contribution in [0.25, 0.3) is 0 Å². The third kappa shape index (κ3) is 2.81. The zero-order chi connectivity index (χ0) is 13.3. The number of carboxylic acid groups (broad SMARTS) is 1. The van der Waals surface area contributed by atoms with E-state index in [4.69, 9.17) is 5.11 Å². The topological polar surface area (TPSA) is 96.4 Å². The number of aliphatic carboxylic acids is 1. The smallest absolute Gasteiger partial charge is 0.312 e. The summed E-state index contributed by atoms with van der Waals surface area (Å²) in [5, 5.41) is 10.5. The fourth-order valence-corrected chi connectivity index (χ4v) is 3.95. The van der Waals surface area contributed by atoms with Crippen LogP contribution in [-0.2, 0) is 14.8 Å². The van der Waals surface area contributed by atoms with Gasteiger partial charge < -0.3 is 5.11 Å². The lowest BCUT2D eigenvalue weighted by Gasteiger charge is -2.05. The minimum Gasteiger partial charge on any atom is -0.481 e. The number of nitrogens with one attached hydrogen (secondary N) is 1. The Morgan fingerprint density at radius 1 is 1.67 bits per heavy atom. The van der Waals surface area contributed by atoms with E-state index in [2.05, 4.69) is 9.71 Å². The second kappa shape index (κ2) is 4.85. The Kier molecular flexibility index (Phi) is 3.58. The SMILES string of the molecule is CCC(C(=O)O)c1csc(NS(=O)(=O)C2CC2)n1. The van der Waals surface area contributed by atoms with Crippen LogP contribution in [0.15, 0.2) is 5.38 Å². The van der Waals surface area contributed by atoms with E-state index in [0.29, 0.717) is 25.0 Å². The van der Waals surface area contributed by atoms with Gasteiger partial charge in [-0.05, 0) is 19.3 Å². The van der Waals surface area contributed by atoms with E-state index >= 15 is 0 Å². The highest BCUT2D eigenvalue weighted by Gasteiger charge is 2.36. The van der Waals surface area contributed by atoms with Crippen molar-refractivity contribution in [1.29, 1.82) is 0 Å². The van der Waals surface area contributed by atoms with Crippen LogP contribution in [0.5, 0.6) is 0 Å². The number of carboxylic acids is 1. The van der Waals surface area contributed by atoms with E-state index < -0.39 is 21.9 Å². The number of rotatable bonds is 6. The van der Waals surface area contributed by atoms with Crippen molar-refractivity contribution in [3.63, 3.8) is 0 Å². The van der Waals surface area contributed by atoms with E-state index in [0.717, 1.165) is 11.3 Å². The van der Waals surface area contributed by atoms with E-state index in [9.17, 15) is 13.2 Å². The predicted molar refractivity (Wildman–Crippen MR) is 68.3 cm³/mol. The lowest BCUT2D eigenvalue weighted by atomic mass is 10.0. The van der Waals surface area contributed by atoms with Crippen molar-refractivity contribution >= 4 is 32.5 Å². The van der Waals surface area contributed by atoms with Gasteiger partial charge in [0.15, 0.2) is 5.13 Å². The van der Waals surface area contributed by atoms with Gasteiger partial charge in [0.05, 0.1) is 16.9 Å². The molecule has 1 heterocycles. The monoisotopic (exact) mass is 290 g/mol. The number of sulfonamides is 1. The van der Waals surface area contributed by atoms with E-state index in [-0.39, 0.29) is 10.4 Å². The van der Waals surface area contributed by atoms with Crippen LogP contribution >= 0.6 is 11.3 Å². The Labute approximate surface area is 109 Å². The first-order valence-electron chi connectivity index (χ1n) is 5.64. The second-order valence-electron chi connectivity index (χ2n) is 4.22. The summed E-state index contributed by atoms with van der Waals surface area (Å²) in [6.07, 6.45) is 1.79. The van der Waals surface area contributed by atoms with Crippen molar-refractivity contribution in [3.8, 4) is 0 Å². The zero-order valence-electron chi connectivity index (χ0n) is 9.79. The average Bonchev–Trinajstić information content (AvgIpc) is 3.04. The first-order chi connectivity index (χ1) is 8.44. The van der Waals surface area contributed by atoms with Crippen molar-refractivity contribution in [3.05, 3.63) is 11.1 Å². The first-order valence-corrected chi connectivity index (χ1v) is 8.06. The van der Waals surface area contributed by atoms with E-state index in [1.807, 2.05) is 0 Å². The highest BCUT2D eigenvalue weighted by Crippen LogP contribution is 2.31. The van der Waals surface area contributed by atoms with Gasteiger partial charge in [0.2, 0.25) is 10.0 Å². The number of hydrogen-bond acceptors (Lipinski definition) is 5. The summed E-state index contributed by atoms with van der Waals surface area (Å²) in [7, 11) is -3.33. The minimum absolute atomic E-state index is 0.247. The Hall–Kier alpha value is -1.15. The van der Waals surface area contributed by atoms with Crippen LogP contribution in [-0.4, -0.2) is 29.7 Å². The fraction of sp³-hybridized carbons (Fsp3) is 0.600. The molecule has 0 aromatic carbocycles. The molecule has 1 saturated carbocycles. The molecule has 18 heavy (non-hydrogen) atoms. The molecule has 1 aromatic rings. The van der Waals surface area contributed by atoms with Crippen molar-refractivity contribution < 1.29 is 18.3 Å². The maximum atomic E-state index is 11.7. The maximum Gasteiger partial charge on any atom is 0.312 e. The van der Waals surface area contributed by atoms with Gasteiger partial charge in [0, 0.05) is 5.38 Å². The summed E-state index contributed by atoms with van der Waals surface area (Å²) in [5.74, 6) is -1.63. The summed E-state index contributed by atoms with van der Waals surface area (Å²) in [6, 6.07) is 0. The summed E-state index contributed by atoms with van der Waals surface area (Å²) < 4.78 is 25.8. The largest absolute Gasteiger partial charge is 0.481 e. The van der Waals surface area contributed by atoms with E-state index in [1.165, 1.54) is 0 Å². The summed E-state index contributed by atoms with van der Waals surface area (Å²) >= 11 is 1.12. The molecule has 1 unspecified atom stereocenters. The fourth-order valence-electron chi connectivity index (χ4n) is 1.59. The van der Waals surface area contributed by atoms with Gasteiger partial charge in [-0.15, -0.1) is 11.3 Å². The van der Waals surface area contributed by atoms with Gasteiger partial charge in [-0.3, -0.25) is 9.52 Å². The summed E-state index contributed by atoms with van der Waals surface area (Å²) in [5.41, 5.74) is 0.406. The highest BCUT2D eigenvalue weighted by atomic mass is 32.2. The van der Waals surface area contributed by atoms with Gasteiger partial charge in [-0.25, -0.2) is 13.4 Å². The molecule has 6 nitrogen and oxygen atoms in total. The third-order valence-corrected chi connectivity index (χ3v) is 5.51. The lowest BCUT2D eigenvalue weighted by Crippen LogP contribution is -2.17. The number of aromatic nitrogens is 1. The van der Waals surface area contributed by atoms with Crippen molar-refractivity contribution in [2.45, 2.75) is 37.4 Å². The van der Waals surface area contributed by atoms with Crippen LogP contribution in [0.2, 0.25) is 0 Å². The average molecular weight is 290 g/mol. The van der Waals surface area contributed by atoms with Crippen LogP contribution in [0.1, 0.15) is 37.8 Å². The molecule has 100 valence electrons. The van der Waals surface area contributed by atoms with Gasteiger partial charge in [-0.1, -0.05) is 6.92 Å². The lowest BCUT2D eigenvalue weighted by molar-refractivity contribution is -0.138. The molecule has 0 amide bonds. The van der Waals surface area contributed by atoms with Gasteiger partial charge in [-0.2, -0.15) is 0 Å². The second-order valence-corrected chi connectivity index (χ2v) is 7.04. The number of thiazole rings is 1. The van der Waals surface area contributed by atoms with Crippen LogP contribution in [0, 0.1) is 0 Å². The molecular weight excluding hydrogens is 276 g/mol. The van der Waals surface area contributed by atoms with Crippen molar-refractivity contribution in [2.75, 3.05) is 4.72 Å². The van der Waals surface area contributed by atoms with Crippen LogP contribution in [0.4, 0.5) is 5.13 Å². The molecule has 1 fully saturated rings. The van der Waals surface area contributed by atoms with Crippen molar-refractivity contribution in [1.82, 2.24) is 4.98 Å². The molecule has 8 heteroatoms. The van der Waals surface area contributed by atoms with E-state index in [1.54, 1.807) is 12.3 Å². The number of carbonyl (C=O) groups is 1. The van der Waals surface area contributed by atoms with Gasteiger partial charge in [0.25, 0.3) is 0 Å². The Morgan fingerprint density at radius 3 is 2.83 bits per heavy atom. The molecule has 0 bridgehead atoms. The molecule has 0 saturated heterocycles. The number of anilines is 1. The normalized spacial score (nSPS) is 17.4. The van der Waals surface area contributed by atoms with Crippen LogP contribution < -0.4 is 4.72 Å². The predicted octanol–water partition coefficient (Wildman–Crippen LogP) is 1.63. The van der Waals surface area contributed by atoms with Gasteiger partial charge in [0.1, 0.15) is 0 Å². The molecule has 0 spiro atoms. The molecule has 0 radical (unpaired) electrons. The highest BCUT2D eigenvalue weighted by molar-refractivity contribution is 7.93.